The molecule has 1 N–H and O–H groups in total. The number of hydrogen-bond donors (Lipinski definition) is 1. The molecule has 2 aromatic rings. The lowest BCUT2D eigenvalue weighted by atomic mass is 10.2. The molecule has 0 saturated heterocycles. The highest BCUT2D eigenvalue weighted by Crippen LogP contribution is 2.09. The maximum absolute atomic E-state index is 4.50. The fraction of sp³-hybridized carbons (Fsp3) is 0.538. The summed E-state index contributed by atoms with van der Waals surface area (Å²) in [6, 6.07) is 0. The van der Waals surface area contributed by atoms with Crippen LogP contribution in [0.2, 0.25) is 0 Å². The molecule has 0 saturated carbocycles. The van der Waals surface area contributed by atoms with Crippen molar-refractivity contribution in [1.29, 1.82) is 0 Å². The standard InChI is InChI=1S/C13H21N5/c1-4-7-18-9-11(2)16-13(18)14-6-5-12-8-15-17(3)10-12/h8-10H,4-7H2,1-3H3,(H,14,16). The molecule has 0 aliphatic rings. The summed E-state index contributed by atoms with van der Waals surface area (Å²) in [5, 5.41) is 7.55. The zero-order valence-electron chi connectivity index (χ0n) is 11.3. The van der Waals surface area contributed by atoms with E-state index in [2.05, 4.69) is 33.1 Å². The first-order valence-electron chi connectivity index (χ1n) is 6.44. The summed E-state index contributed by atoms with van der Waals surface area (Å²) >= 11 is 0. The van der Waals surface area contributed by atoms with E-state index < -0.39 is 0 Å². The van der Waals surface area contributed by atoms with Crippen LogP contribution in [0.5, 0.6) is 0 Å². The fourth-order valence-electron chi connectivity index (χ4n) is 2.02. The lowest BCUT2D eigenvalue weighted by Crippen LogP contribution is -2.10. The Labute approximate surface area is 108 Å². The van der Waals surface area contributed by atoms with Crippen molar-refractivity contribution in [3.05, 3.63) is 29.8 Å². The molecule has 0 aliphatic heterocycles. The molecule has 0 spiro atoms. The number of nitrogens with one attached hydrogen (secondary N) is 1. The van der Waals surface area contributed by atoms with Crippen molar-refractivity contribution in [1.82, 2.24) is 19.3 Å². The SMILES string of the molecule is CCCn1cc(C)nc1NCCc1cnn(C)c1. The Morgan fingerprint density at radius 3 is 2.83 bits per heavy atom. The van der Waals surface area contributed by atoms with Crippen molar-refractivity contribution < 1.29 is 0 Å². The number of anilines is 1. The van der Waals surface area contributed by atoms with Crippen LogP contribution in [0.3, 0.4) is 0 Å². The van der Waals surface area contributed by atoms with E-state index in [4.69, 9.17) is 0 Å². The van der Waals surface area contributed by atoms with Crippen molar-refractivity contribution in [3.63, 3.8) is 0 Å². The Morgan fingerprint density at radius 1 is 1.33 bits per heavy atom. The molecule has 0 aliphatic carbocycles. The molecular formula is C13H21N5. The minimum Gasteiger partial charge on any atom is -0.355 e. The van der Waals surface area contributed by atoms with Crippen LogP contribution in [0.4, 0.5) is 5.95 Å². The minimum atomic E-state index is 0.881. The fourth-order valence-corrected chi connectivity index (χ4v) is 2.02. The van der Waals surface area contributed by atoms with E-state index in [-0.39, 0.29) is 0 Å². The summed E-state index contributed by atoms with van der Waals surface area (Å²) in [5.74, 6) is 0.971. The van der Waals surface area contributed by atoms with Crippen LogP contribution in [-0.2, 0) is 20.0 Å². The van der Waals surface area contributed by atoms with Crippen LogP contribution in [0, 0.1) is 6.92 Å². The molecule has 0 amide bonds. The maximum Gasteiger partial charge on any atom is 0.203 e. The molecule has 0 radical (unpaired) electrons. The molecule has 5 heteroatoms. The van der Waals surface area contributed by atoms with Crippen LogP contribution >= 0.6 is 0 Å². The van der Waals surface area contributed by atoms with E-state index >= 15 is 0 Å². The molecule has 0 bridgehead atoms. The van der Waals surface area contributed by atoms with E-state index in [1.54, 1.807) is 0 Å². The highest BCUT2D eigenvalue weighted by atomic mass is 15.2. The van der Waals surface area contributed by atoms with Crippen LogP contribution in [0.25, 0.3) is 0 Å². The number of imidazole rings is 1. The first-order chi connectivity index (χ1) is 8.69. The summed E-state index contributed by atoms with van der Waals surface area (Å²) in [4.78, 5) is 4.50. The number of hydrogen-bond acceptors (Lipinski definition) is 3. The second-order valence-corrected chi connectivity index (χ2v) is 4.60. The first kappa shape index (κ1) is 12.7. The highest BCUT2D eigenvalue weighted by Gasteiger charge is 2.04. The summed E-state index contributed by atoms with van der Waals surface area (Å²) in [5.41, 5.74) is 2.31. The summed E-state index contributed by atoms with van der Waals surface area (Å²) < 4.78 is 4.01. The van der Waals surface area contributed by atoms with Gasteiger partial charge < -0.3 is 9.88 Å². The van der Waals surface area contributed by atoms with Gasteiger partial charge in [0, 0.05) is 32.5 Å². The molecule has 5 nitrogen and oxygen atoms in total. The zero-order chi connectivity index (χ0) is 13.0. The summed E-state index contributed by atoms with van der Waals surface area (Å²) in [6.07, 6.45) is 8.13. The Hall–Kier alpha value is -1.78. The molecule has 98 valence electrons. The van der Waals surface area contributed by atoms with Crippen molar-refractivity contribution in [3.8, 4) is 0 Å². The van der Waals surface area contributed by atoms with Gasteiger partial charge in [-0.2, -0.15) is 5.10 Å². The average Bonchev–Trinajstić information content (AvgIpc) is 2.87. The third-order valence-electron chi connectivity index (χ3n) is 2.82. The van der Waals surface area contributed by atoms with Crippen LogP contribution in [-0.4, -0.2) is 25.9 Å². The van der Waals surface area contributed by atoms with Crippen LogP contribution in [0.1, 0.15) is 24.6 Å². The molecule has 18 heavy (non-hydrogen) atoms. The quantitative estimate of drug-likeness (QED) is 0.849. The van der Waals surface area contributed by atoms with Gasteiger partial charge in [-0.05, 0) is 25.3 Å². The third-order valence-corrected chi connectivity index (χ3v) is 2.82. The molecule has 2 rings (SSSR count). The van der Waals surface area contributed by atoms with Gasteiger partial charge >= 0.3 is 0 Å². The second kappa shape index (κ2) is 5.71. The van der Waals surface area contributed by atoms with Gasteiger partial charge in [-0.3, -0.25) is 4.68 Å². The smallest absolute Gasteiger partial charge is 0.203 e. The summed E-state index contributed by atoms with van der Waals surface area (Å²) in [6.45, 7) is 6.09. The van der Waals surface area contributed by atoms with Gasteiger partial charge in [0.15, 0.2) is 0 Å². The summed E-state index contributed by atoms with van der Waals surface area (Å²) in [7, 11) is 1.94. The molecule has 0 fully saturated rings. The number of nitrogens with zero attached hydrogens (tertiary/aromatic N) is 4. The average molecular weight is 247 g/mol. The lowest BCUT2D eigenvalue weighted by molar-refractivity contribution is 0.681. The monoisotopic (exact) mass is 247 g/mol. The molecule has 2 aromatic heterocycles. The van der Waals surface area contributed by atoms with E-state index in [1.807, 2.05) is 31.0 Å². The third kappa shape index (κ3) is 3.12. The van der Waals surface area contributed by atoms with Gasteiger partial charge in [0.05, 0.1) is 11.9 Å². The Kier molecular flexibility index (Phi) is 4.02. The Balaban J connectivity index is 1.89. The van der Waals surface area contributed by atoms with Gasteiger partial charge in [-0.15, -0.1) is 0 Å². The lowest BCUT2D eigenvalue weighted by Gasteiger charge is -2.07. The maximum atomic E-state index is 4.50. The largest absolute Gasteiger partial charge is 0.355 e. The topological polar surface area (TPSA) is 47.7 Å². The van der Waals surface area contributed by atoms with Gasteiger partial charge in [0.25, 0.3) is 0 Å². The van der Waals surface area contributed by atoms with Gasteiger partial charge in [0.1, 0.15) is 0 Å². The first-order valence-corrected chi connectivity index (χ1v) is 6.44. The van der Waals surface area contributed by atoms with Gasteiger partial charge in [0.2, 0.25) is 5.95 Å². The van der Waals surface area contributed by atoms with Crippen LogP contribution < -0.4 is 5.32 Å². The number of aromatic nitrogens is 4. The molecule has 2 heterocycles. The normalized spacial score (nSPS) is 10.8. The van der Waals surface area contributed by atoms with Gasteiger partial charge in [-0.1, -0.05) is 6.92 Å². The second-order valence-electron chi connectivity index (χ2n) is 4.60. The Morgan fingerprint density at radius 2 is 2.17 bits per heavy atom. The van der Waals surface area contributed by atoms with Crippen LogP contribution in [0.15, 0.2) is 18.6 Å². The molecule has 0 atom stereocenters. The van der Waals surface area contributed by atoms with E-state index in [9.17, 15) is 0 Å². The minimum absolute atomic E-state index is 0.881. The predicted molar refractivity (Wildman–Crippen MR) is 72.7 cm³/mol. The van der Waals surface area contributed by atoms with E-state index in [0.717, 1.165) is 37.6 Å². The molecular weight excluding hydrogens is 226 g/mol. The van der Waals surface area contributed by atoms with Gasteiger partial charge in [-0.25, -0.2) is 4.98 Å². The van der Waals surface area contributed by atoms with Crippen molar-refractivity contribution in [2.45, 2.75) is 33.2 Å². The zero-order valence-corrected chi connectivity index (χ0v) is 11.3. The van der Waals surface area contributed by atoms with Crippen molar-refractivity contribution >= 4 is 5.95 Å². The van der Waals surface area contributed by atoms with E-state index in [1.165, 1.54) is 5.56 Å². The van der Waals surface area contributed by atoms with E-state index in [0.29, 0.717) is 0 Å². The molecule has 0 aromatic carbocycles. The Bertz CT molecular complexity index is 497. The highest BCUT2D eigenvalue weighted by molar-refractivity contribution is 5.29. The van der Waals surface area contributed by atoms with Crippen molar-refractivity contribution in [2.75, 3.05) is 11.9 Å². The number of aryl methyl sites for hydroxylation is 3. The predicted octanol–water partition coefficient (Wildman–Crippen LogP) is 1.99. The van der Waals surface area contributed by atoms with Crippen molar-refractivity contribution in [2.24, 2.45) is 7.05 Å². The molecule has 0 unspecified atom stereocenters. The number of rotatable bonds is 6.